The molecule has 1 aromatic heterocycles. The van der Waals surface area contributed by atoms with E-state index in [1.54, 1.807) is 18.3 Å². The maximum absolute atomic E-state index is 10.8. The molecular formula is C11H8BrN3O2S. The highest BCUT2D eigenvalue weighted by Gasteiger charge is 2.14. The molecule has 0 saturated heterocycles. The topological polar surface area (TPSA) is 68.9 Å². The Kier molecular flexibility index (Phi) is 4.27. The van der Waals surface area contributed by atoms with Crippen molar-refractivity contribution in [2.45, 2.75) is 10.8 Å². The number of halogens is 1. The summed E-state index contributed by atoms with van der Waals surface area (Å²) in [6, 6.07) is 6.81. The summed E-state index contributed by atoms with van der Waals surface area (Å²) in [5, 5.41) is 11.6. The minimum atomic E-state index is -0.400. The Balaban J connectivity index is 2.15. The van der Waals surface area contributed by atoms with Gasteiger partial charge in [-0.2, -0.15) is 0 Å². The van der Waals surface area contributed by atoms with Crippen molar-refractivity contribution >= 4 is 33.4 Å². The second-order valence-corrected chi connectivity index (χ2v) is 5.13. The molecule has 2 rings (SSSR count). The Bertz CT molecular complexity index is 565. The summed E-state index contributed by atoms with van der Waals surface area (Å²) in [4.78, 5) is 18.3. The normalized spacial score (nSPS) is 10.3. The molecule has 1 heterocycles. The van der Waals surface area contributed by atoms with Crippen molar-refractivity contribution in [1.82, 2.24) is 9.97 Å². The van der Waals surface area contributed by atoms with Crippen LogP contribution in [0.3, 0.4) is 0 Å². The summed E-state index contributed by atoms with van der Waals surface area (Å²) in [5.41, 5.74) is 0.948. The summed E-state index contributed by atoms with van der Waals surface area (Å²) in [6.07, 6.45) is 3.14. The van der Waals surface area contributed by atoms with Crippen molar-refractivity contribution < 1.29 is 4.92 Å². The predicted octanol–water partition coefficient (Wildman–Crippen LogP) is 3.44. The van der Waals surface area contributed by atoms with Crippen LogP contribution in [0, 0.1) is 10.1 Å². The first-order chi connectivity index (χ1) is 8.68. The molecule has 0 aliphatic heterocycles. The maximum atomic E-state index is 10.8. The molecule has 7 heteroatoms. The van der Waals surface area contributed by atoms with Crippen LogP contribution in [0.25, 0.3) is 0 Å². The van der Waals surface area contributed by atoms with E-state index in [-0.39, 0.29) is 5.69 Å². The van der Waals surface area contributed by atoms with Crippen molar-refractivity contribution in [2.75, 3.05) is 0 Å². The van der Waals surface area contributed by atoms with Crippen molar-refractivity contribution in [3.05, 3.63) is 56.9 Å². The molecule has 92 valence electrons. The van der Waals surface area contributed by atoms with Crippen LogP contribution in [0.4, 0.5) is 5.69 Å². The minimum absolute atomic E-state index is 0.0794. The molecule has 1 aromatic carbocycles. The van der Waals surface area contributed by atoms with E-state index < -0.39 is 4.92 Å². The summed E-state index contributed by atoms with van der Waals surface area (Å²) in [7, 11) is 0. The van der Waals surface area contributed by atoms with Gasteiger partial charge in [-0.25, -0.2) is 9.97 Å². The van der Waals surface area contributed by atoms with E-state index in [1.165, 1.54) is 24.2 Å². The van der Waals surface area contributed by atoms with Gasteiger partial charge in [-0.1, -0.05) is 12.1 Å². The fraction of sp³-hybridized carbons (Fsp3) is 0.0909. The zero-order valence-electron chi connectivity index (χ0n) is 9.12. The van der Waals surface area contributed by atoms with E-state index in [9.17, 15) is 10.1 Å². The lowest BCUT2D eigenvalue weighted by Crippen LogP contribution is -1.92. The number of nitro groups is 1. The van der Waals surface area contributed by atoms with Gasteiger partial charge < -0.3 is 0 Å². The third-order valence-corrected chi connectivity index (χ3v) is 4.09. The summed E-state index contributed by atoms with van der Waals surface area (Å²) in [5.74, 6) is 0.610. The first-order valence-corrected chi connectivity index (χ1v) is 6.77. The second-order valence-electron chi connectivity index (χ2n) is 3.34. The molecule has 0 amide bonds. The summed E-state index contributed by atoms with van der Waals surface area (Å²) >= 11 is 4.77. The average Bonchev–Trinajstić information content (AvgIpc) is 2.38. The Labute approximate surface area is 116 Å². The van der Waals surface area contributed by atoms with Gasteiger partial charge in [0.05, 0.1) is 14.4 Å². The number of rotatable bonds is 4. The lowest BCUT2D eigenvalue weighted by Gasteiger charge is -2.04. The first-order valence-electron chi connectivity index (χ1n) is 4.99. The van der Waals surface area contributed by atoms with Crippen molar-refractivity contribution in [3.8, 4) is 0 Å². The van der Waals surface area contributed by atoms with Gasteiger partial charge in [0, 0.05) is 18.0 Å². The summed E-state index contributed by atoms with van der Waals surface area (Å²) in [6.45, 7) is 0. The number of nitro benzene ring substituents is 1. The molecule has 0 unspecified atom stereocenters. The molecule has 2 aromatic rings. The third-order valence-electron chi connectivity index (χ3n) is 2.19. The van der Waals surface area contributed by atoms with Gasteiger partial charge in [-0.3, -0.25) is 10.1 Å². The number of nitrogens with zero attached hydrogens (tertiary/aromatic N) is 3. The first kappa shape index (κ1) is 13.0. The molecule has 0 bridgehead atoms. The monoisotopic (exact) mass is 325 g/mol. The van der Waals surface area contributed by atoms with Gasteiger partial charge in [-0.15, -0.1) is 11.8 Å². The van der Waals surface area contributed by atoms with Crippen molar-refractivity contribution in [3.63, 3.8) is 0 Å². The van der Waals surface area contributed by atoms with Crippen LogP contribution in [0.2, 0.25) is 0 Å². The average molecular weight is 326 g/mol. The molecule has 0 spiro atoms. The molecule has 0 N–H and O–H groups in total. The van der Waals surface area contributed by atoms with Crippen molar-refractivity contribution in [1.29, 1.82) is 0 Å². The van der Waals surface area contributed by atoms with Gasteiger partial charge in [0.2, 0.25) is 0 Å². The predicted molar refractivity (Wildman–Crippen MR) is 72.4 cm³/mol. The van der Waals surface area contributed by atoms with Crippen molar-refractivity contribution in [2.24, 2.45) is 0 Å². The van der Waals surface area contributed by atoms with E-state index in [1.807, 2.05) is 6.07 Å². The molecule has 0 aliphatic carbocycles. The quantitative estimate of drug-likeness (QED) is 0.373. The highest BCUT2D eigenvalue weighted by molar-refractivity contribution is 9.10. The van der Waals surface area contributed by atoms with Crippen LogP contribution >= 0.6 is 27.7 Å². The molecule has 0 fully saturated rings. The van der Waals surface area contributed by atoms with Crippen LogP contribution in [0.15, 0.2) is 46.3 Å². The van der Waals surface area contributed by atoms with Crippen LogP contribution in [0.1, 0.15) is 5.56 Å². The van der Waals surface area contributed by atoms with E-state index >= 15 is 0 Å². The van der Waals surface area contributed by atoms with Gasteiger partial charge in [0.25, 0.3) is 5.69 Å². The molecule has 5 nitrogen and oxygen atoms in total. The van der Waals surface area contributed by atoms with Gasteiger partial charge >= 0.3 is 0 Å². The van der Waals surface area contributed by atoms with E-state index in [2.05, 4.69) is 25.9 Å². The minimum Gasteiger partial charge on any atom is -0.258 e. The van der Waals surface area contributed by atoms with Crippen LogP contribution in [-0.4, -0.2) is 14.9 Å². The number of hydrogen-bond donors (Lipinski definition) is 0. The van der Waals surface area contributed by atoms with E-state index in [0.717, 1.165) is 10.6 Å². The Hall–Kier alpha value is -1.47. The number of hydrogen-bond acceptors (Lipinski definition) is 5. The number of aromatic nitrogens is 2. The maximum Gasteiger partial charge on any atom is 0.283 e. The van der Waals surface area contributed by atoms with Gasteiger partial charge in [0.1, 0.15) is 6.33 Å². The van der Waals surface area contributed by atoms with Crippen LogP contribution in [-0.2, 0) is 5.75 Å². The standard InChI is InChI=1S/C11H8BrN3O2S/c12-11-8(2-1-3-9(11)15(16)17)6-18-10-4-5-13-7-14-10/h1-5,7H,6H2. The lowest BCUT2D eigenvalue weighted by atomic mass is 10.2. The largest absolute Gasteiger partial charge is 0.283 e. The smallest absolute Gasteiger partial charge is 0.258 e. The second kappa shape index (κ2) is 5.92. The highest BCUT2D eigenvalue weighted by Crippen LogP contribution is 2.32. The van der Waals surface area contributed by atoms with Crippen LogP contribution in [0.5, 0.6) is 0 Å². The Morgan fingerprint density at radius 1 is 1.39 bits per heavy atom. The highest BCUT2D eigenvalue weighted by atomic mass is 79.9. The Morgan fingerprint density at radius 3 is 2.89 bits per heavy atom. The molecule has 0 saturated carbocycles. The third kappa shape index (κ3) is 3.05. The number of benzene rings is 1. The van der Waals surface area contributed by atoms with Crippen LogP contribution < -0.4 is 0 Å². The SMILES string of the molecule is O=[N+]([O-])c1cccc(CSc2ccncn2)c1Br. The zero-order chi connectivity index (χ0) is 13.0. The fourth-order valence-electron chi connectivity index (χ4n) is 1.33. The van der Waals surface area contributed by atoms with Gasteiger partial charge in [-0.05, 0) is 27.6 Å². The molecule has 0 atom stereocenters. The molecular weight excluding hydrogens is 318 g/mol. The molecule has 0 aliphatic rings. The lowest BCUT2D eigenvalue weighted by molar-refractivity contribution is -0.385. The summed E-state index contributed by atoms with van der Waals surface area (Å²) < 4.78 is 0.525. The van der Waals surface area contributed by atoms with E-state index in [4.69, 9.17) is 0 Å². The number of thioether (sulfide) groups is 1. The zero-order valence-corrected chi connectivity index (χ0v) is 11.5. The Morgan fingerprint density at radius 2 is 2.22 bits per heavy atom. The van der Waals surface area contributed by atoms with E-state index in [0.29, 0.717) is 10.2 Å². The molecule has 18 heavy (non-hydrogen) atoms. The van der Waals surface area contributed by atoms with Gasteiger partial charge in [0.15, 0.2) is 0 Å². The molecule has 0 radical (unpaired) electrons. The fourth-order valence-corrected chi connectivity index (χ4v) is 2.89.